The summed E-state index contributed by atoms with van der Waals surface area (Å²) < 4.78 is 13.2. The third-order valence-electron chi connectivity index (χ3n) is 3.28. The van der Waals surface area contributed by atoms with Crippen molar-refractivity contribution in [2.45, 2.75) is 38.6 Å². The molecule has 0 aromatic heterocycles. The number of hydrogen-bond acceptors (Lipinski definition) is 5. The normalized spacial score (nSPS) is 16.9. The van der Waals surface area contributed by atoms with Crippen LogP contribution in [0.1, 0.15) is 27.7 Å². The lowest BCUT2D eigenvalue weighted by molar-refractivity contribution is -0.138. The topological polar surface area (TPSA) is 87.3 Å². The molecular formula is C17H19ClFN3O3S. The van der Waals surface area contributed by atoms with Crippen LogP contribution in [0.25, 0.3) is 0 Å². The van der Waals surface area contributed by atoms with Gasteiger partial charge in [-0.3, -0.25) is 14.4 Å². The van der Waals surface area contributed by atoms with Crippen LogP contribution >= 0.6 is 23.4 Å². The molecule has 1 aliphatic heterocycles. The Morgan fingerprint density at radius 1 is 1.27 bits per heavy atom. The third kappa shape index (κ3) is 4.98. The van der Waals surface area contributed by atoms with Crippen molar-refractivity contribution in [3.05, 3.63) is 39.6 Å². The van der Waals surface area contributed by atoms with Crippen LogP contribution in [-0.4, -0.2) is 28.5 Å². The zero-order chi connectivity index (χ0) is 19.6. The fourth-order valence-corrected chi connectivity index (χ4v) is 3.33. The van der Waals surface area contributed by atoms with E-state index in [2.05, 4.69) is 16.0 Å². The first-order chi connectivity index (χ1) is 12.0. The smallest absolute Gasteiger partial charge is 0.290 e. The Morgan fingerprint density at radius 2 is 1.92 bits per heavy atom. The Balaban J connectivity index is 2.03. The van der Waals surface area contributed by atoms with Gasteiger partial charge in [0.2, 0.25) is 0 Å². The molecule has 6 nitrogen and oxygen atoms in total. The van der Waals surface area contributed by atoms with E-state index in [1.807, 2.05) is 0 Å². The molecule has 0 saturated heterocycles. The second kappa shape index (κ2) is 7.67. The highest BCUT2D eigenvalue weighted by Crippen LogP contribution is 2.31. The summed E-state index contributed by atoms with van der Waals surface area (Å²) in [5, 5.41) is 6.94. The zero-order valence-electron chi connectivity index (χ0n) is 14.7. The molecule has 0 spiro atoms. The molecule has 1 aromatic rings. The summed E-state index contributed by atoms with van der Waals surface area (Å²) in [6.45, 7) is 6.97. The number of carbonyl (C=O) groups is 3. The molecule has 2 amide bonds. The van der Waals surface area contributed by atoms with Gasteiger partial charge in [-0.15, -0.1) is 0 Å². The van der Waals surface area contributed by atoms with Crippen LogP contribution in [0, 0.1) is 5.82 Å². The number of ketones is 1. The molecule has 0 bridgehead atoms. The number of hydrogen-bond donors (Lipinski definition) is 3. The molecule has 0 fully saturated rings. The van der Waals surface area contributed by atoms with Gasteiger partial charge in [0.1, 0.15) is 16.9 Å². The first-order valence-corrected chi connectivity index (χ1v) is 9.00. The van der Waals surface area contributed by atoms with Crippen LogP contribution in [0.3, 0.4) is 0 Å². The van der Waals surface area contributed by atoms with E-state index in [0.717, 1.165) is 17.8 Å². The molecule has 1 aromatic carbocycles. The Hall–Kier alpha value is -2.06. The van der Waals surface area contributed by atoms with Crippen LogP contribution in [0.15, 0.2) is 28.8 Å². The maximum absolute atomic E-state index is 13.2. The maximum Gasteiger partial charge on any atom is 0.290 e. The molecule has 2 rings (SSSR count). The van der Waals surface area contributed by atoms with Crippen molar-refractivity contribution in [2.24, 2.45) is 0 Å². The van der Waals surface area contributed by atoms with E-state index >= 15 is 0 Å². The monoisotopic (exact) mass is 399 g/mol. The van der Waals surface area contributed by atoms with Crippen LogP contribution < -0.4 is 16.0 Å². The standard InChI is InChI=1S/C17H19ClFN3O3S/c1-8-12(14(24)20-9-5-6-11(19)10(18)7-9)21-16(26-8)13(23)15(25)22-17(2,3)4/h5-7,16,21H,1-4H3,(H,20,24)(H,22,25). The average molecular weight is 400 g/mol. The van der Waals surface area contributed by atoms with Crippen LogP contribution in [0.5, 0.6) is 0 Å². The molecule has 0 aliphatic carbocycles. The van der Waals surface area contributed by atoms with Crippen molar-refractivity contribution in [3.63, 3.8) is 0 Å². The summed E-state index contributed by atoms with van der Waals surface area (Å²) in [6.07, 6.45) is 0. The van der Waals surface area contributed by atoms with Crippen molar-refractivity contribution in [1.82, 2.24) is 10.6 Å². The minimum atomic E-state index is -0.880. The van der Waals surface area contributed by atoms with Crippen LogP contribution in [0.2, 0.25) is 5.02 Å². The van der Waals surface area contributed by atoms with E-state index in [1.165, 1.54) is 12.1 Å². The lowest BCUT2D eigenvalue weighted by atomic mass is 10.1. The summed E-state index contributed by atoms with van der Waals surface area (Å²) in [7, 11) is 0. The largest absolute Gasteiger partial charge is 0.361 e. The molecule has 1 atom stereocenters. The number of benzene rings is 1. The Bertz CT molecular complexity index is 805. The van der Waals surface area contributed by atoms with E-state index in [1.54, 1.807) is 27.7 Å². The van der Waals surface area contributed by atoms with Crippen molar-refractivity contribution in [3.8, 4) is 0 Å². The highest BCUT2D eigenvalue weighted by atomic mass is 35.5. The van der Waals surface area contributed by atoms with Crippen molar-refractivity contribution in [1.29, 1.82) is 0 Å². The van der Waals surface area contributed by atoms with Crippen molar-refractivity contribution in [2.75, 3.05) is 5.32 Å². The summed E-state index contributed by atoms with van der Waals surface area (Å²) >= 11 is 6.78. The molecule has 140 valence electrons. The van der Waals surface area contributed by atoms with Gasteiger partial charge in [-0.1, -0.05) is 23.4 Å². The van der Waals surface area contributed by atoms with Crippen molar-refractivity contribution >= 4 is 46.6 Å². The molecule has 1 aliphatic rings. The summed E-state index contributed by atoms with van der Waals surface area (Å²) in [5.74, 6) is -2.49. The Labute approximate surface area is 159 Å². The van der Waals surface area contributed by atoms with Gasteiger partial charge in [-0.05, 0) is 45.9 Å². The maximum atomic E-state index is 13.2. The molecule has 26 heavy (non-hydrogen) atoms. The lowest BCUT2D eigenvalue weighted by Crippen LogP contribution is -2.48. The van der Waals surface area contributed by atoms with E-state index < -0.39 is 34.3 Å². The molecule has 3 N–H and O–H groups in total. The fraction of sp³-hybridized carbons (Fsp3) is 0.353. The summed E-state index contributed by atoms with van der Waals surface area (Å²) in [5.41, 5.74) is -0.0494. The quantitative estimate of drug-likeness (QED) is 0.678. The number of amides is 2. The molecule has 1 unspecified atom stereocenters. The SMILES string of the molecule is CC1=C(C(=O)Nc2ccc(F)c(Cl)c2)NC(C(=O)C(=O)NC(C)(C)C)S1. The van der Waals surface area contributed by atoms with Gasteiger partial charge in [-0.25, -0.2) is 4.39 Å². The van der Waals surface area contributed by atoms with E-state index in [9.17, 15) is 18.8 Å². The number of Topliss-reactive ketones (excluding diaryl/α,β-unsaturated/α-hetero) is 1. The number of halogens is 2. The third-order valence-corrected chi connectivity index (χ3v) is 4.69. The van der Waals surface area contributed by atoms with Gasteiger partial charge in [-0.2, -0.15) is 0 Å². The first kappa shape index (κ1) is 20.3. The molecular weight excluding hydrogens is 381 g/mol. The summed E-state index contributed by atoms with van der Waals surface area (Å²) in [4.78, 5) is 37.2. The summed E-state index contributed by atoms with van der Waals surface area (Å²) in [6, 6.07) is 3.79. The molecule has 9 heteroatoms. The minimum absolute atomic E-state index is 0.117. The highest BCUT2D eigenvalue weighted by Gasteiger charge is 2.35. The number of thioether (sulfide) groups is 1. The zero-order valence-corrected chi connectivity index (χ0v) is 16.3. The van der Waals surface area contributed by atoms with E-state index in [-0.39, 0.29) is 10.7 Å². The van der Waals surface area contributed by atoms with Gasteiger partial charge in [0.15, 0.2) is 0 Å². The predicted octanol–water partition coefficient (Wildman–Crippen LogP) is 2.80. The number of rotatable bonds is 4. The number of anilines is 1. The number of nitrogens with one attached hydrogen (secondary N) is 3. The average Bonchev–Trinajstić information content (AvgIpc) is 2.90. The second-order valence-corrected chi connectivity index (χ2v) is 8.45. The van der Waals surface area contributed by atoms with Crippen LogP contribution in [-0.2, 0) is 14.4 Å². The molecule has 0 radical (unpaired) electrons. The number of carbonyl (C=O) groups excluding carboxylic acids is 3. The van der Waals surface area contributed by atoms with Gasteiger partial charge < -0.3 is 16.0 Å². The van der Waals surface area contributed by atoms with Gasteiger partial charge in [0, 0.05) is 16.1 Å². The van der Waals surface area contributed by atoms with Gasteiger partial charge in [0.05, 0.1) is 5.02 Å². The van der Waals surface area contributed by atoms with Gasteiger partial charge in [0.25, 0.3) is 17.6 Å². The minimum Gasteiger partial charge on any atom is -0.361 e. The lowest BCUT2D eigenvalue weighted by Gasteiger charge is -2.21. The Kier molecular flexibility index (Phi) is 5.98. The molecule has 0 saturated carbocycles. The fourth-order valence-electron chi connectivity index (χ4n) is 2.13. The van der Waals surface area contributed by atoms with Crippen molar-refractivity contribution < 1.29 is 18.8 Å². The van der Waals surface area contributed by atoms with E-state index in [0.29, 0.717) is 10.6 Å². The van der Waals surface area contributed by atoms with Crippen LogP contribution in [0.4, 0.5) is 10.1 Å². The number of allylic oxidation sites excluding steroid dienone is 1. The second-order valence-electron chi connectivity index (χ2n) is 6.72. The first-order valence-electron chi connectivity index (χ1n) is 7.75. The Morgan fingerprint density at radius 3 is 2.50 bits per heavy atom. The molecule has 1 heterocycles. The highest BCUT2D eigenvalue weighted by molar-refractivity contribution is 8.04. The van der Waals surface area contributed by atoms with Gasteiger partial charge >= 0.3 is 0 Å². The van der Waals surface area contributed by atoms with E-state index in [4.69, 9.17) is 11.6 Å². The predicted molar refractivity (Wildman–Crippen MR) is 100 cm³/mol.